The lowest BCUT2D eigenvalue weighted by Gasteiger charge is -2.24. The molecule has 2 aromatic heterocycles. The van der Waals surface area contributed by atoms with Crippen molar-refractivity contribution in [2.75, 3.05) is 0 Å². The Hall–Kier alpha value is -4.32. The first-order valence-electron chi connectivity index (χ1n) is 11.0. The quantitative estimate of drug-likeness (QED) is 0.428. The monoisotopic (exact) mass is 452 g/mol. The van der Waals surface area contributed by atoms with Crippen LogP contribution in [0.15, 0.2) is 82.4 Å². The molecule has 5 aromatic rings. The Balaban J connectivity index is 2.00. The molecule has 3 aromatic carbocycles. The fourth-order valence-corrected chi connectivity index (χ4v) is 4.89. The summed E-state index contributed by atoms with van der Waals surface area (Å²) in [5, 5.41) is 23.8. The molecule has 6 heteroatoms. The summed E-state index contributed by atoms with van der Waals surface area (Å²) in [6.07, 6.45) is 0. The Morgan fingerprint density at radius 2 is 1.06 bits per heavy atom. The molecule has 0 unspecified atom stereocenters. The Morgan fingerprint density at radius 3 is 1.53 bits per heavy atom. The molecule has 2 heterocycles. The molecule has 6 nitrogen and oxygen atoms in total. The minimum Gasteiger partial charge on any atom is -0.507 e. The lowest BCUT2D eigenvalue weighted by atomic mass is 9.82. The van der Waals surface area contributed by atoms with Crippen molar-refractivity contribution in [1.82, 2.24) is 9.13 Å². The number of nitrogens with zero attached hydrogens (tertiary/aromatic N) is 2. The van der Waals surface area contributed by atoms with Crippen LogP contribution < -0.4 is 11.1 Å². The molecule has 0 aliphatic carbocycles. The van der Waals surface area contributed by atoms with Crippen molar-refractivity contribution in [3.63, 3.8) is 0 Å². The van der Waals surface area contributed by atoms with Crippen molar-refractivity contribution in [3.8, 4) is 11.5 Å². The van der Waals surface area contributed by atoms with Crippen LogP contribution in [0.25, 0.3) is 21.8 Å². The van der Waals surface area contributed by atoms with Gasteiger partial charge in [0.1, 0.15) is 11.5 Å². The summed E-state index contributed by atoms with van der Waals surface area (Å²) < 4.78 is 2.94. The zero-order valence-corrected chi connectivity index (χ0v) is 19.1. The maximum absolute atomic E-state index is 13.7. The van der Waals surface area contributed by atoms with Crippen molar-refractivity contribution < 1.29 is 10.2 Å². The van der Waals surface area contributed by atoms with Crippen LogP contribution in [0.3, 0.4) is 0 Å². The second-order valence-corrected chi connectivity index (χ2v) is 8.58. The predicted octanol–water partition coefficient (Wildman–Crippen LogP) is 4.29. The van der Waals surface area contributed by atoms with E-state index in [0.29, 0.717) is 27.4 Å². The molecule has 170 valence electrons. The molecule has 0 atom stereocenters. The molecule has 0 radical (unpaired) electrons. The number of benzene rings is 3. The second-order valence-electron chi connectivity index (χ2n) is 8.58. The summed E-state index contributed by atoms with van der Waals surface area (Å²) in [7, 11) is 3.28. The molecule has 0 aliphatic heterocycles. The Labute approximate surface area is 195 Å². The summed E-state index contributed by atoms with van der Waals surface area (Å²) in [6.45, 7) is 1.88. The fourth-order valence-electron chi connectivity index (χ4n) is 4.89. The van der Waals surface area contributed by atoms with Crippen LogP contribution in [-0.2, 0) is 14.1 Å². The Bertz CT molecular complexity index is 1610. The minimum atomic E-state index is -0.979. The number of pyridine rings is 2. The number of rotatable bonds is 3. The van der Waals surface area contributed by atoms with E-state index in [2.05, 4.69) is 0 Å². The average molecular weight is 453 g/mol. The van der Waals surface area contributed by atoms with Gasteiger partial charge in [0, 0.05) is 24.9 Å². The van der Waals surface area contributed by atoms with Crippen molar-refractivity contribution in [2.24, 2.45) is 14.1 Å². The topological polar surface area (TPSA) is 84.5 Å². The van der Waals surface area contributed by atoms with Gasteiger partial charge in [-0.05, 0) is 42.3 Å². The summed E-state index contributed by atoms with van der Waals surface area (Å²) in [5.41, 5.74) is 1.89. The average Bonchev–Trinajstić information content (AvgIpc) is 2.85. The van der Waals surface area contributed by atoms with E-state index in [-0.39, 0.29) is 22.6 Å². The highest BCUT2D eigenvalue weighted by molar-refractivity contribution is 5.89. The molecule has 0 aliphatic rings. The molecule has 5 rings (SSSR count). The first-order valence-corrected chi connectivity index (χ1v) is 11.0. The third kappa shape index (κ3) is 3.03. The first-order chi connectivity index (χ1) is 16.3. The minimum absolute atomic E-state index is 0.0539. The van der Waals surface area contributed by atoms with Crippen LogP contribution in [0, 0.1) is 6.92 Å². The number of para-hydroxylation sites is 2. The first kappa shape index (κ1) is 21.5. The van der Waals surface area contributed by atoms with Gasteiger partial charge < -0.3 is 19.3 Å². The number of aromatic nitrogens is 2. The van der Waals surface area contributed by atoms with E-state index in [1.54, 1.807) is 62.6 Å². The maximum Gasteiger partial charge on any atom is 0.258 e. The number of hydrogen-bond donors (Lipinski definition) is 2. The molecule has 34 heavy (non-hydrogen) atoms. The van der Waals surface area contributed by atoms with Gasteiger partial charge in [0.2, 0.25) is 0 Å². The maximum atomic E-state index is 13.7. The van der Waals surface area contributed by atoms with Crippen LogP contribution in [0.2, 0.25) is 0 Å². The van der Waals surface area contributed by atoms with Crippen molar-refractivity contribution >= 4 is 21.8 Å². The van der Waals surface area contributed by atoms with E-state index >= 15 is 0 Å². The predicted molar refractivity (Wildman–Crippen MR) is 134 cm³/mol. The van der Waals surface area contributed by atoms with Gasteiger partial charge in [-0.25, -0.2) is 0 Å². The molecule has 0 saturated carbocycles. The van der Waals surface area contributed by atoms with Crippen molar-refractivity contribution in [3.05, 3.63) is 116 Å². The number of aryl methyl sites for hydroxylation is 3. The van der Waals surface area contributed by atoms with Crippen LogP contribution in [0.4, 0.5) is 0 Å². The van der Waals surface area contributed by atoms with Gasteiger partial charge in [0.15, 0.2) is 0 Å². The van der Waals surface area contributed by atoms with E-state index < -0.39 is 17.0 Å². The van der Waals surface area contributed by atoms with Crippen molar-refractivity contribution in [2.45, 2.75) is 12.8 Å². The van der Waals surface area contributed by atoms with E-state index in [9.17, 15) is 19.8 Å². The van der Waals surface area contributed by atoms with Gasteiger partial charge in [-0.3, -0.25) is 9.59 Å². The largest absolute Gasteiger partial charge is 0.507 e. The lowest BCUT2D eigenvalue weighted by Crippen LogP contribution is -2.30. The van der Waals surface area contributed by atoms with E-state index in [4.69, 9.17) is 0 Å². The van der Waals surface area contributed by atoms with Gasteiger partial charge >= 0.3 is 0 Å². The molecular weight excluding hydrogens is 428 g/mol. The second kappa shape index (κ2) is 7.92. The van der Waals surface area contributed by atoms with E-state index in [1.165, 1.54) is 9.13 Å². The fraction of sp³-hybridized carbons (Fsp3) is 0.143. The summed E-state index contributed by atoms with van der Waals surface area (Å²) in [4.78, 5) is 27.4. The number of fused-ring (bicyclic) bond motifs is 2. The smallest absolute Gasteiger partial charge is 0.258 e. The van der Waals surface area contributed by atoms with Gasteiger partial charge in [0.25, 0.3) is 11.1 Å². The normalized spacial score (nSPS) is 11.5. The molecular formula is C28H24N2O4. The summed E-state index contributed by atoms with van der Waals surface area (Å²) >= 11 is 0. The Morgan fingerprint density at radius 1 is 0.647 bits per heavy atom. The molecule has 0 saturated heterocycles. The molecule has 0 spiro atoms. The standard InChI is InChI=1S/C28H24N2O4/c1-16-10-4-5-11-17(16)22(23-25(31)18-12-6-8-14-20(18)29(2)27(23)33)24-26(32)19-13-7-9-15-21(19)30(3)28(24)34/h4-15,22,31-32H,1-3H3. The van der Waals surface area contributed by atoms with E-state index in [0.717, 1.165) is 5.56 Å². The Kier molecular flexibility index (Phi) is 5.01. The van der Waals surface area contributed by atoms with Gasteiger partial charge in [0.05, 0.1) is 28.1 Å². The summed E-state index contributed by atoms with van der Waals surface area (Å²) in [6, 6.07) is 21.5. The zero-order chi connectivity index (χ0) is 24.1. The highest BCUT2D eigenvalue weighted by atomic mass is 16.3. The van der Waals surface area contributed by atoms with Gasteiger partial charge in [-0.15, -0.1) is 0 Å². The SMILES string of the molecule is Cc1ccccc1C(c1c(O)c2ccccc2n(C)c1=O)c1c(O)c2ccccc2n(C)c1=O. The highest BCUT2D eigenvalue weighted by Crippen LogP contribution is 2.42. The molecule has 0 bridgehead atoms. The van der Waals surface area contributed by atoms with Gasteiger partial charge in [-0.1, -0.05) is 48.5 Å². The third-order valence-corrected chi connectivity index (χ3v) is 6.70. The molecule has 0 amide bonds. The number of aromatic hydroxyl groups is 2. The van der Waals surface area contributed by atoms with Gasteiger partial charge in [-0.2, -0.15) is 0 Å². The van der Waals surface area contributed by atoms with Crippen molar-refractivity contribution in [1.29, 1.82) is 0 Å². The van der Waals surface area contributed by atoms with Crippen LogP contribution in [0.1, 0.15) is 28.2 Å². The molecule has 0 fully saturated rings. The highest BCUT2D eigenvalue weighted by Gasteiger charge is 2.32. The summed E-state index contributed by atoms with van der Waals surface area (Å²) in [5.74, 6) is -1.36. The third-order valence-electron chi connectivity index (χ3n) is 6.70. The lowest BCUT2D eigenvalue weighted by molar-refractivity contribution is 0.460. The van der Waals surface area contributed by atoms with Crippen LogP contribution in [-0.4, -0.2) is 19.3 Å². The van der Waals surface area contributed by atoms with Crippen LogP contribution in [0.5, 0.6) is 11.5 Å². The number of hydrogen-bond acceptors (Lipinski definition) is 4. The molecule has 2 N–H and O–H groups in total. The van der Waals surface area contributed by atoms with Crippen LogP contribution >= 0.6 is 0 Å². The zero-order valence-electron chi connectivity index (χ0n) is 19.1. The van der Waals surface area contributed by atoms with E-state index in [1.807, 2.05) is 31.2 Å².